The van der Waals surface area contributed by atoms with E-state index < -0.39 is 30.4 Å². The lowest BCUT2D eigenvalue weighted by molar-refractivity contribution is 0.199. The smallest absolute Gasteiger partial charge is 0.376 e. The second-order valence-electron chi connectivity index (χ2n) is 5.55. The quantitative estimate of drug-likeness (QED) is 0.0779. The molecule has 0 rings (SSSR count). The molecule has 20 nitrogen and oxygen atoms in total. The van der Waals surface area contributed by atoms with Crippen molar-refractivity contribution in [1.82, 2.24) is 21.3 Å². The molecule has 0 aromatic heterocycles. The summed E-state index contributed by atoms with van der Waals surface area (Å²) < 4.78 is 17.8. The average molecular weight is 607 g/mol. The SMILES string of the molecule is CC(CNC(=O)OSC(=N)N)NC(=O)OSC(=N)N.N=C(N)SOC(=O)NCCNC(=O)OSC(=N)N. The Morgan fingerprint density at radius 3 is 1.24 bits per heavy atom. The number of hydrogen-bond donors (Lipinski definition) is 12. The Bertz CT molecular complexity index is 803. The molecule has 0 bridgehead atoms. The first-order valence-electron chi connectivity index (χ1n) is 9.11. The monoisotopic (exact) mass is 606 g/mol. The summed E-state index contributed by atoms with van der Waals surface area (Å²) in [6.45, 7) is 1.88. The fraction of sp³-hybridized carbons (Fsp3) is 0.385. The van der Waals surface area contributed by atoms with Crippen LogP contribution >= 0.6 is 48.2 Å². The van der Waals surface area contributed by atoms with E-state index in [0.717, 1.165) is 0 Å². The van der Waals surface area contributed by atoms with Gasteiger partial charge in [0.1, 0.15) is 48.2 Å². The second-order valence-corrected chi connectivity index (χ2v) is 8.65. The fourth-order valence-corrected chi connectivity index (χ4v) is 2.15. The number of nitrogens with one attached hydrogen (secondary N) is 8. The third-order valence-corrected chi connectivity index (χ3v) is 4.07. The maximum Gasteiger partial charge on any atom is 0.420 e. The summed E-state index contributed by atoms with van der Waals surface area (Å²) in [7, 11) is 0. The van der Waals surface area contributed by atoms with Crippen LogP contribution in [0, 0.1) is 21.6 Å². The zero-order valence-corrected chi connectivity index (χ0v) is 22.2. The summed E-state index contributed by atoms with van der Waals surface area (Å²) in [6.07, 6.45) is -3.16. The molecule has 0 spiro atoms. The molecule has 37 heavy (non-hydrogen) atoms. The number of amides is 4. The van der Waals surface area contributed by atoms with Crippen LogP contribution in [-0.4, -0.2) is 70.7 Å². The van der Waals surface area contributed by atoms with E-state index in [4.69, 9.17) is 44.6 Å². The largest absolute Gasteiger partial charge is 0.420 e. The molecule has 1 atom stereocenters. The van der Waals surface area contributed by atoms with Crippen molar-refractivity contribution in [2.45, 2.75) is 13.0 Å². The van der Waals surface area contributed by atoms with Crippen LogP contribution in [-0.2, 0) is 16.7 Å². The topological polar surface area (TPSA) is 353 Å². The van der Waals surface area contributed by atoms with Gasteiger partial charge in [-0.15, -0.1) is 0 Å². The maximum absolute atomic E-state index is 11.1. The molecule has 0 saturated heterocycles. The maximum atomic E-state index is 11.1. The Hall–Kier alpha value is -3.64. The highest BCUT2D eigenvalue weighted by molar-refractivity contribution is 8.10. The van der Waals surface area contributed by atoms with Crippen LogP contribution < -0.4 is 44.2 Å². The van der Waals surface area contributed by atoms with Crippen molar-refractivity contribution in [3.05, 3.63) is 0 Å². The molecular formula is C13H26N12O8S4. The highest BCUT2D eigenvalue weighted by Crippen LogP contribution is 2.02. The third kappa shape index (κ3) is 28.5. The van der Waals surface area contributed by atoms with Gasteiger partial charge >= 0.3 is 24.4 Å². The van der Waals surface area contributed by atoms with Gasteiger partial charge in [-0.3, -0.25) is 21.6 Å². The zero-order valence-electron chi connectivity index (χ0n) is 18.9. The number of carbonyl (C=O) groups excluding carboxylic acids is 4. The molecular weight excluding hydrogens is 580 g/mol. The first-order valence-corrected chi connectivity index (χ1v) is 12.1. The molecule has 0 aliphatic rings. The molecule has 16 N–H and O–H groups in total. The average Bonchev–Trinajstić information content (AvgIpc) is 2.80. The predicted octanol–water partition coefficient (Wildman–Crippen LogP) is -0.567. The molecule has 0 aliphatic carbocycles. The molecule has 0 fully saturated rings. The Morgan fingerprint density at radius 2 is 0.919 bits per heavy atom. The van der Waals surface area contributed by atoms with Crippen molar-refractivity contribution in [3.8, 4) is 0 Å². The standard InChI is InChI=1S/C7H14N6O4S2.C6H12N6O4S2/c1-3(13-7(15)17-19-5(10)11)2-12-6(14)16-18-4(8)9;7-3(8)17-15-5(13)11-1-2-12-6(14)16-18-4(9)10/h3H,2H2,1H3,(H3,8,9)(H3,10,11)(H,12,14)(H,13,15);1-2H2,(H3,7,8)(H3,9,10)(H,11,13)(H,12,14). The molecule has 4 amide bonds. The van der Waals surface area contributed by atoms with Crippen LogP contribution in [0.4, 0.5) is 19.2 Å². The number of hydrogen-bond acceptors (Lipinski definition) is 16. The van der Waals surface area contributed by atoms with Crippen LogP contribution in [0.3, 0.4) is 0 Å². The predicted molar refractivity (Wildman–Crippen MR) is 141 cm³/mol. The molecule has 0 aliphatic heterocycles. The molecule has 24 heteroatoms. The van der Waals surface area contributed by atoms with Crippen LogP contribution in [0.1, 0.15) is 6.92 Å². The highest BCUT2D eigenvalue weighted by Gasteiger charge is 2.12. The van der Waals surface area contributed by atoms with Gasteiger partial charge in [-0.05, 0) is 6.92 Å². The lowest BCUT2D eigenvalue weighted by atomic mass is 10.3. The van der Waals surface area contributed by atoms with Gasteiger partial charge < -0.3 is 60.9 Å². The van der Waals surface area contributed by atoms with Gasteiger partial charge in [-0.1, -0.05) is 0 Å². The number of amidine groups is 4. The van der Waals surface area contributed by atoms with Crippen molar-refractivity contribution in [2.75, 3.05) is 19.6 Å². The second kappa shape index (κ2) is 21.6. The minimum atomic E-state index is -0.791. The molecule has 1 unspecified atom stereocenters. The van der Waals surface area contributed by atoms with Crippen molar-refractivity contribution < 1.29 is 35.9 Å². The first kappa shape index (κ1) is 35.5. The normalized spacial score (nSPS) is 10.1. The van der Waals surface area contributed by atoms with Crippen molar-refractivity contribution in [3.63, 3.8) is 0 Å². The number of carbonyl (C=O) groups is 4. The Morgan fingerprint density at radius 1 is 0.622 bits per heavy atom. The molecule has 0 saturated carbocycles. The van der Waals surface area contributed by atoms with E-state index in [9.17, 15) is 19.2 Å². The van der Waals surface area contributed by atoms with E-state index >= 15 is 0 Å². The molecule has 210 valence electrons. The van der Waals surface area contributed by atoms with Gasteiger partial charge in [-0.2, -0.15) is 0 Å². The van der Waals surface area contributed by atoms with E-state index in [1.165, 1.54) is 0 Å². The van der Waals surface area contributed by atoms with Gasteiger partial charge in [0.15, 0.2) is 20.7 Å². The molecule has 0 radical (unpaired) electrons. The van der Waals surface area contributed by atoms with E-state index in [-0.39, 0.29) is 40.3 Å². The van der Waals surface area contributed by atoms with Crippen molar-refractivity contribution >= 4 is 93.2 Å². The zero-order chi connectivity index (χ0) is 28.8. The Labute approximate surface area is 227 Å². The number of rotatable bonds is 6. The summed E-state index contributed by atoms with van der Waals surface area (Å²) in [4.78, 5) is 44.0. The summed E-state index contributed by atoms with van der Waals surface area (Å²) in [5.41, 5.74) is 19.8. The van der Waals surface area contributed by atoms with Gasteiger partial charge in [0.25, 0.3) is 0 Å². The molecule has 0 aromatic carbocycles. The molecule has 0 heterocycles. The van der Waals surface area contributed by atoms with Gasteiger partial charge in [0.2, 0.25) is 0 Å². The third-order valence-electron chi connectivity index (χ3n) is 2.41. The van der Waals surface area contributed by atoms with E-state index in [1.807, 2.05) is 0 Å². The van der Waals surface area contributed by atoms with E-state index in [1.54, 1.807) is 6.92 Å². The fourth-order valence-electron chi connectivity index (χ4n) is 1.26. The number of nitrogens with two attached hydrogens (primary N) is 4. The first-order chi connectivity index (χ1) is 17.2. The van der Waals surface area contributed by atoms with E-state index in [0.29, 0.717) is 48.2 Å². The minimum Gasteiger partial charge on any atom is -0.376 e. The summed E-state index contributed by atoms with van der Waals surface area (Å²) in [6, 6.07) is -0.435. The minimum absolute atomic E-state index is 0.0805. The molecule has 0 aromatic rings. The summed E-state index contributed by atoms with van der Waals surface area (Å²) >= 11 is 1.65. The summed E-state index contributed by atoms with van der Waals surface area (Å²) in [5.74, 6) is 0. The van der Waals surface area contributed by atoms with Crippen molar-refractivity contribution in [2.24, 2.45) is 22.9 Å². The van der Waals surface area contributed by atoms with E-state index in [2.05, 4.69) is 38.0 Å². The van der Waals surface area contributed by atoms with Gasteiger partial charge in [0.05, 0.1) is 0 Å². The Balaban J connectivity index is 0. The lowest BCUT2D eigenvalue weighted by Gasteiger charge is -2.13. The van der Waals surface area contributed by atoms with Crippen LogP contribution in [0.2, 0.25) is 0 Å². The van der Waals surface area contributed by atoms with Crippen LogP contribution in [0.25, 0.3) is 0 Å². The Kier molecular flexibility index (Phi) is 20.8. The van der Waals surface area contributed by atoms with Crippen molar-refractivity contribution in [1.29, 1.82) is 21.6 Å². The van der Waals surface area contributed by atoms with Gasteiger partial charge in [0, 0.05) is 25.7 Å². The van der Waals surface area contributed by atoms with Gasteiger partial charge in [-0.25, -0.2) is 19.2 Å². The summed E-state index contributed by atoms with van der Waals surface area (Å²) in [5, 5.41) is 35.0. The van der Waals surface area contributed by atoms with Crippen LogP contribution in [0.15, 0.2) is 0 Å². The highest BCUT2D eigenvalue weighted by atomic mass is 32.2. The van der Waals surface area contributed by atoms with Crippen LogP contribution in [0.5, 0.6) is 0 Å². The lowest BCUT2D eigenvalue weighted by Crippen LogP contribution is -2.41.